The molecule has 1 N–H and O–H groups in total. The van der Waals surface area contributed by atoms with Crippen LogP contribution in [0.2, 0.25) is 5.02 Å². The second-order valence-corrected chi connectivity index (χ2v) is 4.72. The third kappa shape index (κ3) is 2.99. The van der Waals surface area contributed by atoms with Crippen LogP contribution in [0.4, 0.5) is 0 Å². The molecule has 1 aromatic carbocycles. The lowest BCUT2D eigenvalue weighted by Gasteiger charge is -2.13. The van der Waals surface area contributed by atoms with Gasteiger partial charge in [0.25, 0.3) is 0 Å². The monoisotopic (exact) mass is 253 g/mol. The maximum absolute atomic E-state index is 11.4. The lowest BCUT2D eigenvalue weighted by molar-refractivity contribution is -0.142. The molecule has 1 fully saturated rings. The average Bonchev–Trinajstić information content (AvgIpc) is 2.80. The molecule has 1 aliphatic rings. The number of ether oxygens (including phenoxy) is 1. The summed E-state index contributed by atoms with van der Waals surface area (Å²) in [6, 6.07) is 7.96. The summed E-state index contributed by atoms with van der Waals surface area (Å²) in [6.07, 6.45) is 2.67. The van der Waals surface area contributed by atoms with Crippen LogP contribution in [0.15, 0.2) is 24.3 Å². The van der Waals surface area contributed by atoms with Gasteiger partial charge in [-0.25, -0.2) is 0 Å². The zero-order chi connectivity index (χ0) is 12.3. The van der Waals surface area contributed by atoms with E-state index in [1.165, 1.54) is 7.11 Å². The highest BCUT2D eigenvalue weighted by Gasteiger charge is 2.29. The number of benzene rings is 1. The Labute approximate surface area is 106 Å². The summed E-state index contributed by atoms with van der Waals surface area (Å²) in [4.78, 5) is 11.4. The van der Waals surface area contributed by atoms with Crippen molar-refractivity contribution >= 4 is 17.6 Å². The lowest BCUT2D eigenvalue weighted by atomic mass is 10.0. The average molecular weight is 254 g/mol. The van der Waals surface area contributed by atoms with Gasteiger partial charge in [-0.15, -0.1) is 0 Å². The summed E-state index contributed by atoms with van der Waals surface area (Å²) in [7, 11) is 1.42. The summed E-state index contributed by atoms with van der Waals surface area (Å²) in [5, 5.41) is 4.07. The van der Waals surface area contributed by atoms with Crippen LogP contribution in [0.1, 0.15) is 18.4 Å². The minimum atomic E-state index is -0.174. The minimum absolute atomic E-state index is 0.160. The molecular formula is C13H16ClNO2. The smallest absolute Gasteiger partial charge is 0.322 e. The van der Waals surface area contributed by atoms with Gasteiger partial charge >= 0.3 is 5.97 Å². The molecule has 0 aliphatic carbocycles. The summed E-state index contributed by atoms with van der Waals surface area (Å²) in [6.45, 7) is 0. The first-order valence-electron chi connectivity index (χ1n) is 5.78. The molecule has 0 radical (unpaired) electrons. The molecule has 3 nitrogen and oxygen atoms in total. The van der Waals surface area contributed by atoms with Crippen LogP contribution in [0.25, 0.3) is 0 Å². The predicted octanol–water partition coefficient (Wildman–Crippen LogP) is 2.18. The number of hydrogen-bond acceptors (Lipinski definition) is 3. The fourth-order valence-electron chi connectivity index (χ4n) is 2.24. The number of methoxy groups -OCH3 is 1. The van der Waals surface area contributed by atoms with Gasteiger partial charge < -0.3 is 10.1 Å². The Bertz CT molecular complexity index is 408. The standard InChI is InChI=1S/C13H16ClNO2/c1-17-13(16)12-7-6-10(15-12)8-9-4-2-3-5-11(9)14/h2-5,10,12,15H,6-8H2,1H3/t10-,12-/m0/s1. The SMILES string of the molecule is COC(=O)[C@@H]1CC[C@@H](Cc2ccccc2Cl)N1. The summed E-state index contributed by atoms with van der Waals surface area (Å²) >= 11 is 6.11. The van der Waals surface area contributed by atoms with Crippen LogP contribution in [0.3, 0.4) is 0 Å². The third-order valence-corrected chi connectivity index (χ3v) is 3.52. The minimum Gasteiger partial charge on any atom is -0.468 e. The topological polar surface area (TPSA) is 38.3 Å². The molecule has 1 saturated heterocycles. The largest absolute Gasteiger partial charge is 0.468 e. The van der Waals surface area contributed by atoms with Crippen LogP contribution in [0, 0.1) is 0 Å². The van der Waals surface area contributed by atoms with E-state index in [1.54, 1.807) is 0 Å². The summed E-state index contributed by atoms with van der Waals surface area (Å²) in [5.74, 6) is -0.174. The molecule has 0 aromatic heterocycles. The van der Waals surface area contributed by atoms with E-state index in [-0.39, 0.29) is 12.0 Å². The van der Waals surface area contributed by atoms with Crippen LogP contribution in [-0.4, -0.2) is 25.2 Å². The zero-order valence-corrected chi connectivity index (χ0v) is 10.5. The first kappa shape index (κ1) is 12.4. The van der Waals surface area contributed by atoms with E-state index < -0.39 is 0 Å². The molecule has 0 bridgehead atoms. The Morgan fingerprint density at radius 2 is 2.24 bits per heavy atom. The van der Waals surface area contributed by atoms with Crippen molar-refractivity contribution in [2.24, 2.45) is 0 Å². The maximum atomic E-state index is 11.4. The molecular weight excluding hydrogens is 238 g/mol. The van der Waals surface area contributed by atoms with Crippen molar-refractivity contribution in [3.05, 3.63) is 34.9 Å². The zero-order valence-electron chi connectivity index (χ0n) is 9.78. The van der Waals surface area contributed by atoms with Crippen molar-refractivity contribution in [1.29, 1.82) is 0 Å². The highest BCUT2D eigenvalue weighted by atomic mass is 35.5. The van der Waals surface area contributed by atoms with E-state index >= 15 is 0 Å². The fourth-order valence-corrected chi connectivity index (χ4v) is 2.45. The number of esters is 1. The van der Waals surface area contributed by atoms with Gasteiger partial charge in [0.2, 0.25) is 0 Å². The third-order valence-electron chi connectivity index (χ3n) is 3.15. The first-order chi connectivity index (χ1) is 8.20. The van der Waals surface area contributed by atoms with Crippen LogP contribution in [0.5, 0.6) is 0 Å². The Morgan fingerprint density at radius 1 is 1.47 bits per heavy atom. The number of carbonyl (C=O) groups excluding carboxylic acids is 1. The Hall–Kier alpha value is -1.06. The number of nitrogens with one attached hydrogen (secondary N) is 1. The highest BCUT2D eigenvalue weighted by molar-refractivity contribution is 6.31. The van der Waals surface area contributed by atoms with Crippen molar-refractivity contribution in [1.82, 2.24) is 5.32 Å². The molecule has 1 aromatic rings. The highest BCUT2D eigenvalue weighted by Crippen LogP contribution is 2.21. The van der Waals surface area contributed by atoms with E-state index in [4.69, 9.17) is 16.3 Å². The van der Waals surface area contributed by atoms with Gasteiger partial charge in [-0.1, -0.05) is 29.8 Å². The molecule has 0 saturated carbocycles. The van der Waals surface area contributed by atoms with Gasteiger partial charge in [0.1, 0.15) is 6.04 Å². The van der Waals surface area contributed by atoms with Crippen molar-refractivity contribution in [2.75, 3.05) is 7.11 Å². The maximum Gasteiger partial charge on any atom is 0.322 e. The Balaban J connectivity index is 1.94. The van der Waals surface area contributed by atoms with Crippen LogP contribution < -0.4 is 5.32 Å². The molecule has 2 rings (SSSR count). The summed E-state index contributed by atoms with van der Waals surface area (Å²) < 4.78 is 4.73. The predicted molar refractivity (Wildman–Crippen MR) is 67.1 cm³/mol. The van der Waals surface area contributed by atoms with Gasteiger partial charge in [-0.05, 0) is 30.9 Å². The van der Waals surface area contributed by atoms with Gasteiger partial charge in [-0.3, -0.25) is 4.79 Å². The molecule has 92 valence electrons. The van der Waals surface area contributed by atoms with Crippen LogP contribution >= 0.6 is 11.6 Å². The molecule has 1 heterocycles. The fraction of sp³-hybridized carbons (Fsp3) is 0.462. The molecule has 0 amide bonds. The second-order valence-electron chi connectivity index (χ2n) is 4.31. The van der Waals surface area contributed by atoms with Crippen molar-refractivity contribution in [3.8, 4) is 0 Å². The summed E-state index contributed by atoms with van der Waals surface area (Å²) in [5.41, 5.74) is 1.12. The first-order valence-corrected chi connectivity index (χ1v) is 6.16. The number of carbonyl (C=O) groups is 1. The van der Waals surface area contributed by atoms with Gasteiger partial charge in [0.15, 0.2) is 0 Å². The molecule has 0 spiro atoms. The molecule has 2 atom stereocenters. The van der Waals surface area contributed by atoms with Gasteiger partial charge in [0, 0.05) is 11.1 Å². The number of rotatable bonds is 3. The van der Waals surface area contributed by atoms with E-state index in [0.29, 0.717) is 6.04 Å². The number of halogens is 1. The van der Waals surface area contributed by atoms with E-state index in [1.807, 2.05) is 24.3 Å². The quantitative estimate of drug-likeness (QED) is 0.840. The van der Waals surface area contributed by atoms with Gasteiger partial charge in [-0.2, -0.15) is 0 Å². The molecule has 0 unspecified atom stereocenters. The molecule has 4 heteroatoms. The van der Waals surface area contributed by atoms with E-state index in [0.717, 1.165) is 29.8 Å². The number of hydrogen-bond donors (Lipinski definition) is 1. The molecule has 17 heavy (non-hydrogen) atoms. The normalized spacial score (nSPS) is 23.6. The van der Waals surface area contributed by atoms with Crippen molar-refractivity contribution in [2.45, 2.75) is 31.3 Å². The van der Waals surface area contributed by atoms with Crippen molar-refractivity contribution < 1.29 is 9.53 Å². The lowest BCUT2D eigenvalue weighted by Crippen LogP contribution is -2.37. The van der Waals surface area contributed by atoms with Crippen LogP contribution in [-0.2, 0) is 16.0 Å². The van der Waals surface area contributed by atoms with Crippen molar-refractivity contribution in [3.63, 3.8) is 0 Å². The second kappa shape index (κ2) is 5.52. The van der Waals surface area contributed by atoms with E-state index in [9.17, 15) is 4.79 Å². The Morgan fingerprint density at radius 3 is 2.94 bits per heavy atom. The van der Waals surface area contributed by atoms with E-state index in [2.05, 4.69) is 5.32 Å². The molecule has 1 aliphatic heterocycles. The van der Waals surface area contributed by atoms with Gasteiger partial charge in [0.05, 0.1) is 7.11 Å². The Kier molecular flexibility index (Phi) is 4.02.